The summed E-state index contributed by atoms with van der Waals surface area (Å²) in [5, 5.41) is 7.23. The Morgan fingerprint density at radius 1 is 0.917 bits per heavy atom. The van der Waals surface area contributed by atoms with Gasteiger partial charge in [0.05, 0.1) is 11.2 Å². The first-order chi connectivity index (χ1) is 11.8. The number of halogens is 1. The van der Waals surface area contributed by atoms with Gasteiger partial charge in [-0.1, -0.05) is 72.3 Å². The Labute approximate surface area is 148 Å². The molecule has 1 aliphatic heterocycles. The zero-order valence-electron chi connectivity index (χ0n) is 13.7. The third kappa shape index (κ3) is 5.22. The average molecular weight is 340 g/mol. The van der Waals surface area contributed by atoms with Crippen LogP contribution >= 0.6 is 11.6 Å². The van der Waals surface area contributed by atoms with E-state index in [0.717, 1.165) is 38.3 Å². The molecular weight excluding hydrogens is 318 g/mol. The second-order valence-corrected chi connectivity index (χ2v) is 6.34. The van der Waals surface area contributed by atoms with Gasteiger partial charge in [-0.25, -0.2) is 0 Å². The van der Waals surface area contributed by atoms with Gasteiger partial charge in [0.2, 0.25) is 0 Å². The lowest BCUT2D eigenvalue weighted by Crippen LogP contribution is -2.43. The number of rotatable bonds is 5. The van der Waals surface area contributed by atoms with E-state index in [1.54, 1.807) is 6.21 Å². The largest absolute Gasteiger partial charge is 0.295 e. The molecule has 0 aromatic heterocycles. The number of benzene rings is 2. The van der Waals surface area contributed by atoms with Gasteiger partial charge in [-0.3, -0.25) is 9.91 Å². The van der Waals surface area contributed by atoms with Gasteiger partial charge in [0.25, 0.3) is 0 Å². The van der Waals surface area contributed by atoms with E-state index in [2.05, 4.69) is 45.3 Å². The fourth-order valence-electron chi connectivity index (χ4n) is 2.74. The summed E-state index contributed by atoms with van der Waals surface area (Å²) in [6.07, 6.45) is 3.66. The summed E-state index contributed by atoms with van der Waals surface area (Å²) < 4.78 is 0. The van der Waals surface area contributed by atoms with Crippen LogP contribution in [-0.2, 0) is 6.54 Å². The van der Waals surface area contributed by atoms with Gasteiger partial charge in [0, 0.05) is 32.7 Å². The fraction of sp³-hybridized carbons (Fsp3) is 0.250. The normalized spacial score (nSPS) is 16.7. The van der Waals surface area contributed by atoms with Gasteiger partial charge >= 0.3 is 0 Å². The molecule has 1 heterocycles. The number of hydrogen-bond acceptors (Lipinski definition) is 3. The van der Waals surface area contributed by atoms with Crippen molar-refractivity contribution < 1.29 is 0 Å². The minimum absolute atomic E-state index is 0.646. The van der Waals surface area contributed by atoms with Crippen LogP contribution in [0.5, 0.6) is 0 Å². The van der Waals surface area contributed by atoms with E-state index in [0.29, 0.717) is 5.03 Å². The molecule has 3 nitrogen and oxygen atoms in total. The molecule has 0 spiro atoms. The van der Waals surface area contributed by atoms with E-state index in [4.69, 9.17) is 11.6 Å². The van der Waals surface area contributed by atoms with E-state index in [-0.39, 0.29) is 0 Å². The molecule has 1 aliphatic rings. The molecule has 24 heavy (non-hydrogen) atoms. The lowest BCUT2D eigenvalue weighted by Gasteiger charge is -2.33. The minimum atomic E-state index is 0.646. The molecule has 0 bridgehead atoms. The molecule has 0 aliphatic carbocycles. The molecule has 0 saturated carbocycles. The van der Waals surface area contributed by atoms with Crippen LogP contribution in [0.15, 0.2) is 70.8 Å². The summed E-state index contributed by atoms with van der Waals surface area (Å²) in [4.78, 5) is 2.46. The van der Waals surface area contributed by atoms with Crippen LogP contribution in [0.1, 0.15) is 11.1 Å². The fourth-order valence-corrected chi connectivity index (χ4v) is 2.90. The quantitative estimate of drug-likeness (QED) is 0.765. The second kappa shape index (κ2) is 8.67. The molecule has 1 fully saturated rings. The van der Waals surface area contributed by atoms with E-state index in [1.165, 1.54) is 5.56 Å². The maximum absolute atomic E-state index is 6.25. The molecule has 0 unspecified atom stereocenters. The van der Waals surface area contributed by atoms with Crippen LogP contribution in [-0.4, -0.2) is 42.3 Å². The highest BCUT2D eigenvalue weighted by Gasteiger charge is 2.15. The first-order valence-corrected chi connectivity index (χ1v) is 8.65. The van der Waals surface area contributed by atoms with Crippen molar-refractivity contribution in [2.45, 2.75) is 6.54 Å². The molecule has 4 heteroatoms. The number of hydrogen-bond donors (Lipinski definition) is 0. The topological polar surface area (TPSA) is 18.8 Å². The summed E-state index contributed by atoms with van der Waals surface area (Å²) in [5.41, 5.74) is 2.45. The molecule has 2 aromatic carbocycles. The highest BCUT2D eigenvalue weighted by Crippen LogP contribution is 2.11. The number of piperazine rings is 1. The molecule has 1 saturated heterocycles. The van der Waals surface area contributed by atoms with Crippen LogP contribution in [0.2, 0.25) is 0 Å². The zero-order valence-corrected chi connectivity index (χ0v) is 14.4. The summed E-state index contributed by atoms with van der Waals surface area (Å²) >= 11 is 6.25. The molecular formula is C20H22ClN3. The Morgan fingerprint density at radius 2 is 1.54 bits per heavy atom. The summed E-state index contributed by atoms with van der Waals surface area (Å²) in [6, 6.07) is 20.7. The highest BCUT2D eigenvalue weighted by atomic mass is 35.5. The van der Waals surface area contributed by atoms with Gasteiger partial charge in [0.1, 0.15) is 0 Å². The van der Waals surface area contributed by atoms with E-state index < -0.39 is 0 Å². The maximum atomic E-state index is 6.25. The van der Waals surface area contributed by atoms with E-state index in [9.17, 15) is 0 Å². The highest BCUT2D eigenvalue weighted by molar-refractivity contribution is 6.41. The van der Waals surface area contributed by atoms with Crippen molar-refractivity contribution in [1.82, 2.24) is 9.91 Å². The minimum Gasteiger partial charge on any atom is -0.295 e. The van der Waals surface area contributed by atoms with Crippen molar-refractivity contribution in [3.8, 4) is 0 Å². The van der Waals surface area contributed by atoms with Crippen LogP contribution in [0.4, 0.5) is 0 Å². The zero-order chi connectivity index (χ0) is 16.6. The monoisotopic (exact) mass is 339 g/mol. The van der Waals surface area contributed by atoms with Gasteiger partial charge in [-0.2, -0.15) is 5.10 Å². The molecule has 0 amide bonds. The number of hydrazone groups is 1. The SMILES string of the molecule is ClC(/C=N\N1CCN(Cc2ccccc2)CC1)=C/c1ccccc1. The summed E-state index contributed by atoms with van der Waals surface area (Å²) in [6.45, 7) is 4.91. The molecule has 0 N–H and O–H groups in total. The molecule has 0 atom stereocenters. The van der Waals surface area contributed by atoms with Crippen molar-refractivity contribution in [2.24, 2.45) is 5.10 Å². The first-order valence-electron chi connectivity index (χ1n) is 8.27. The molecule has 0 radical (unpaired) electrons. The standard InChI is InChI=1S/C20H22ClN3/c21-20(15-18-7-3-1-4-8-18)16-22-24-13-11-23(12-14-24)17-19-9-5-2-6-10-19/h1-10,15-16H,11-14,17H2/b20-15+,22-16-. The molecule has 2 aromatic rings. The molecule has 3 rings (SSSR count). The summed E-state index contributed by atoms with van der Waals surface area (Å²) in [7, 11) is 0. The Bertz CT molecular complexity index is 675. The number of allylic oxidation sites excluding steroid dienone is 1. The van der Waals surface area contributed by atoms with Gasteiger partial charge < -0.3 is 0 Å². The summed E-state index contributed by atoms with van der Waals surface area (Å²) in [5.74, 6) is 0. The Morgan fingerprint density at radius 3 is 2.21 bits per heavy atom. The van der Waals surface area contributed by atoms with Crippen molar-refractivity contribution in [3.05, 3.63) is 76.8 Å². The molecule has 124 valence electrons. The Balaban J connectivity index is 1.47. The first kappa shape index (κ1) is 16.7. The van der Waals surface area contributed by atoms with Crippen LogP contribution in [0.25, 0.3) is 6.08 Å². The second-order valence-electron chi connectivity index (χ2n) is 5.90. The average Bonchev–Trinajstić information content (AvgIpc) is 2.63. The third-order valence-electron chi connectivity index (χ3n) is 4.05. The smallest absolute Gasteiger partial charge is 0.0657 e. The van der Waals surface area contributed by atoms with E-state index >= 15 is 0 Å². The number of nitrogens with zero attached hydrogens (tertiary/aromatic N) is 3. The van der Waals surface area contributed by atoms with Crippen molar-refractivity contribution in [3.63, 3.8) is 0 Å². The van der Waals surface area contributed by atoms with E-state index in [1.807, 2.05) is 36.4 Å². The Kier molecular flexibility index (Phi) is 6.05. The maximum Gasteiger partial charge on any atom is 0.0657 e. The third-order valence-corrected chi connectivity index (χ3v) is 4.25. The Hall–Kier alpha value is -2.10. The lowest BCUT2D eigenvalue weighted by molar-refractivity contribution is 0.131. The van der Waals surface area contributed by atoms with Crippen LogP contribution < -0.4 is 0 Å². The van der Waals surface area contributed by atoms with Crippen LogP contribution in [0, 0.1) is 0 Å². The van der Waals surface area contributed by atoms with Crippen LogP contribution in [0.3, 0.4) is 0 Å². The van der Waals surface area contributed by atoms with Crippen molar-refractivity contribution in [1.29, 1.82) is 0 Å². The lowest BCUT2D eigenvalue weighted by atomic mass is 10.2. The predicted octanol–water partition coefficient (Wildman–Crippen LogP) is 4.07. The van der Waals surface area contributed by atoms with Gasteiger partial charge in [-0.15, -0.1) is 0 Å². The van der Waals surface area contributed by atoms with Crippen molar-refractivity contribution >= 4 is 23.9 Å². The van der Waals surface area contributed by atoms with Crippen molar-refractivity contribution in [2.75, 3.05) is 26.2 Å². The van der Waals surface area contributed by atoms with Gasteiger partial charge in [-0.05, 0) is 17.2 Å². The predicted molar refractivity (Wildman–Crippen MR) is 102 cm³/mol. The van der Waals surface area contributed by atoms with Gasteiger partial charge in [0.15, 0.2) is 0 Å².